The minimum absolute atomic E-state index is 0.0575. The van der Waals surface area contributed by atoms with Crippen LogP contribution in [0.15, 0.2) is 5.38 Å². The van der Waals surface area contributed by atoms with Gasteiger partial charge in [0.1, 0.15) is 10.7 Å². The third-order valence-electron chi connectivity index (χ3n) is 3.06. The second-order valence-corrected chi connectivity index (χ2v) is 5.57. The molecule has 1 aromatic heterocycles. The van der Waals surface area contributed by atoms with E-state index in [2.05, 4.69) is 22.1 Å². The topological polar surface area (TPSA) is 54.5 Å². The van der Waals surface area contributed by atoms with Crippen molar-refractivity contribution in [2.24, 2.45) is 0 Å². The number of nitrogens with zero attached hydrogens (tertiary/aromatic N) is 2. The summed E-state index contributed by atoms with van der Waals surface area (Å²) in [6.07, 6.45) is 2.09. The second kappa shape index (κ2) is 7.57. The molecule has 0 aromatic carbocycles. The van der Waals surface area contributed by atoms with Gasteiger partial charge in [-0.1, -0.05) is 13.3 Å². The van der Waals surface area contributed by atoms with E-state index in [0.717, 1.165) is 57.2 Å². The Kier molecular flexibility index (Phi) is 5.75. The average Bonchev–Trinajstić information content (AvgIpc) is 2.89. The molecule has 2 rings (SSSR count). The Morgan fingerprint density at radius 2 is 2.32 bits per heavy atom. The normalized spacial score (nSPS) is 16.5. The number of morpholine rings is 1. The van der Waals surface area contributed by atoms with Crippen LogP contribution in [0.25, 0.3) is 0 Å². The van der Waals surface area contributed by atoms with E-state index in [1.807, 2.05) is 5.38 Å². The Balaban J connectivity index is 1.82. The predicted molar refractivity (Wildman–Crippen MR) is 75.5 cm³/mol. The molecule has 106 valence electrons. The van der Waals surface area contributed by atoms with E-state index in [0.29, 0.717) is 5.69 Å². The number of carbonyl (C=O) groups excluding carboxylic acids is 1. The molecule has 0 saturated carbocycles. The molecular formula is C13H21N3O2S. The molecular weight excluding hydrogens is 262 g/mol. The van der Waals surface area contributed by atoms with Crippen LogP contribution in [0.4, 0.5) is 0 Å². The van der Waals surface area contributed by atoms with Gasteiger partial charge < -0.3 is 10.1 Å². The van der Waals surface area contributed by atoms with Gasteiger partial charge in [0.15, 0.2) is 0 Å². The fraction of sp³-hybridized carbons (Fsp3) is 0.692. The molecule has 1 fully saturated rings. The molecule has 0 bridgehead atoms. The van der Waals surface area contributed by atoms with Crippen molar-refractivity contribution in [1.82, 2.24) is 15.2 Å². The highest BCUT2D eigenvalue weighted by atomic mass is 32.1. The van der Waals surface area contributed by atoms with Crippen LogP contribution < -0.4 is 5.32 Å². The van der Waals surface area contributed by atoms with Crippen LogP contribution in [-0.2, 0) is 11.3 Å². The summed E-state index contributed by atoms with van der Waals surface area (Å²) in [7, 11) is 0. The van der Waals surface area contributed by atoms with Crippen molar-refractivity contribution >= 4 is 17.2 Å². The van der Waals surface area contributed by atoms with Crippen LogP contribution in [0.2, 0.25) is 0 Å². The molecule has 1 aromatic rings. The fourth-order valence-corrected chi connectivity index (χ4v) is 2.72. The second-order valence-electron chi connectivity index (χ2n) is 4.62. The highest BCUT2D eigenvalue weighted by Gasteiger charge is 2.14. The molecule has 0 radical (unpaired) electrons. The summed E-state index contributed by atoms with van der Waals surface area (Å²) in [4.78, 5) is 18.5. The van der Waals surface area contributed by atoms with E-state index in [1.54, 1.807) is 11.3 Å². The van der Waals surface area contributed by atoms with E-state index in [-0.39, 0.29) is 5.91 Å². The Hall–Kier alpha value is -0.980. The molecule has 6 heteroatoms. The number of hydrogen-bond donors (Lipinski definition) is 1. The van der Waals surface area contributed by atoms with Crippen LogP contribution in [0, 0.1) is 0 Å². The molecule has 1 saturated heterocycles. The summed E-state index contributed by atoms with van der Waals surface area (Å²) in [5.74, 6) is -0.0575. The highest BCUT2D eigenvalue weighted by molar-refractivity contribution is 7.09. The van der Waals surface area contributed by atoms with Gasteiger partial charge in [-0.15, -0.1) is 11.3 Å². The zero-order valence-corrected chi connectivity index (χ0v) is 12.2. The number of hydrogen-bond acceptors (Lipinski definition) is 5. The maximum atomic E-state index is 11.8. The monoisotopic (exact) mass is 283 g/mol. The van der Waals surface area contributed by atoms with Crippen molar-refractivity contribution in [3.8, 4) is 0 Å². The summed E-state index contributed by atoms with van der Waals surface area (Å²) in [5, 5.41) is 5.74. The van der Waals surface area contributed by atoms with Crippen LogP contribution in [0.1, 0.15) is 35.3 Å². The molecule has 1 amide bonds. The van der Waals surface area contributed by atoms with Crippen molar-refractivity contribution in [3.63, 3.8) is 0 Å². The fourth-order valence-electron chi connectivity index (χ4n) is 1.91. The molecule has 0 spiro atoms. The molecule has 1 aliphatic heterocycles. The SMILES string of the molecule is CCCCNC(=O)c1csc(CN2CCOCC2)n1. The summed E-state index contributed by atoms with van der Waals surface area (Å²) < 4.78 is 5.31. The van der Waals surface area contributed by atoms with Gasteiger partial charge in [0.05, 0.1) is 19.8 Å². The molecule has 5 nitrogen and oxygen atoms in total. The summed E-state index contributed by atoms with van der Waals surface area (Å²) >= 11 is 1.56. The summed E-state index contributed by atoms with van der Waals surface area (Å²) in [6, 6.07) is 0. The third kappa shape index (κ3) is 4.56. The van der Waals surface area contributed by atoms with E-state index < -0.39 is 0 Å². The first-order chi connectivity index (χ1) is 9.29. The number of ether oxygens (including phenoxy) is 1. The predicted octanol–water partition coefficient (Wildman–Crippen LogP) is 1.51. The van der Waals surface area contributed by atoms with Crippen molar-refractivity contribution in [2.75, 3.05) is 32.8 Å². The largest absolute Gasteiger partial charge is 0.379 e. The highest BCUT2D eigenvalue weighted by Crippen LogP contribution is 2.13. The molecule has 0 aliphatic carbocycles. The Labute approximate surface area is 118 Å². The van der Waals surface area contributed by atoms with Crippen molar-refractivity contribution in [2.45, 2.75) is 26.3 Å². The Morgan fingerprint density at radius 1 is 1.53 bits per heavy atom. The maximum absolute atomic E-state index is 11.8. The van der Waals surface area contributed by atoms with Gasteiger partial charge in [0.25, 0.3) is 5.91 Å². The average molecular weight is 283 g/mol. The van der Waals surface area contributed by atoms with Gasteiger partial charge in [-0.2, -0.15) is 0 Å². The van der Waals surface area contributed by atoms with Gasteiger partial charge in [0.2, 0.25) is 0 Å². The van der Waals surface area contributed by atoms with Gasteiger partial charge in [-0.3, -0.25) is 9.69 Å². The van der Waals surface area contributed by atoms with E-state index in [9.17, 15) is 4.79 Å². The van der Waals surface area contributed by atoms with Crippen LogP contribution in [0.5, 0.6) is 0 Å². The first-order valence-electron chi connectivity index (χ1n) is 6.82. The number of thiazole rings is 1. The first kappa shape index (κ1) is 14.4. The number of rotatable bonds is 6. The summed E-state index contributed by atoms with van der Waals surface area (Å²) in [6.45, 7) is 7.11. The number of aromatic nitrogens is 1. The van der Waals surface area contributed by atoms with E-state index in [4.69, 9.17) is 4.74 Å². The zero-order chi connectivity index (χ0) is 13.5. The van der Waals surface area contributed by atoms with E-state index in [1.165, 1.54) is 0 Å². The van der Waals surface area contributed by atoms with Crippen LogP contribution >= 0.6 is 11.3 Å². The van der Waals surface area contributed by atoms with Crippen molar-refractivity contribution in [3.05, 3.63) is 16.1 Å². The Bertz CT molecular complexity index is 402. The number of amides is 1. The lowest BCUT2D eigenvalue weighted by Crippen LogP contribution is -2.35. The minimum Gasteiger partial charge on any atom is -0.379 e. The first-order valence-corrected chi connectivity index (χ1v) is 7.70. The molecule has 2 heterocycles. The van der Waals surface area contributed by atoms with Crippen LogP contribution in [0.3, 0.4) is 0 Å². The summed E-state index contributed by atoms with van der Waals surface area (Å²) in [5.41, 5.74) is 0.546. The zero-order valence-electron chi connectivity index (χ0n) is 11.4. The lowest BCUT2D eigenvalue weighted by atomic mass is 10.3. The van der Waals surface area contributed by atoms with Gasteiger partial charge in [0, 0.05) is 25.0 Å². The minimum atomic E-state index is -0.0575. The van der Waals surface area contributed by atoms with Gasteiger partial charge >= 0.3 is 0 Å². The lowest BCUT2D eigenvalue weighted by molar-refractivity contribution is 0.0341. The van der Waals surface area contributed by atoms with Gasteiger partial charge in [-0.25, -0.2) is 4.98 Å². The van der Waals surface area contributed by atoms with Crippen molar-refractivity contribution in [1.29, 1.82) is 0 Å². The third-order valence-corrected chi connectivity index (χ3v) is 3.90. The molecule has 19 heavy (non-hydrogen) atoms. The number of nitrogens with one attached hydrogen (secondary N) is 1. The van der Waals surface area contributed by atoms with Crippen molar-refractivity contribution < 1.29 is 9.53 Å². The standard InChI is InChI=1S/C13H21N3O2S/c1-2-3-4-14-13(17)11-10-19-12(15-11)9-16-5-7-18-8-6-16/h10H,2-9H2,1H3,(H,14,17). The molecule has 1 aliphatic rings. The van der Waals surface area contributed by atoms with E-state index >= 15 is 0 Å². The molecule has 0 atom stereocenters. The number of unbranched alkanes of at least 4 members (excludes halogenated alkanes) is 1. The lowest BCUT2D eigenvalue weighted by Gasteiger charge is -2.25. The molecule has 0 unspecified atom stereocenters. The smallest absolute Gasteiger partial charge is 0.270 e. The Morgan fingerprint density at radius 3 is 3.05 bits per heavy atom. The molecule has 1 N–H and O–H groups in total. The maximum Gasteiger partial charge on any atom is 0.270 e. The van der Waals surface area contributed by atoms with Crippen LogP contribution in [-0.4, -0.2) is 48.6 Å². The quantitative estimate of drug-likeness (QED) is 0.804. The van der Waals surface area contributed by atoms with Gasteiger partial charge in [-0.05, 0) is 6.42 Å². The number of carbonyl (C=O) groups is 1.